The van der Waals surface area contributed by atoms with Gasteiger partial charge in [-0.05, 0) is 42.2 Å². The average Bonchev–Trinajstić information content (AvgIpc) is 2.29. The summed E-state index contributed by atoms with van der Waals surface area (Å²) in [6, 6.07) is 6.49. The van der Waals surface area contributed by atoms with E-state index in [0.29, 0.717) is 6.61 Å². The molecule has 0 atom stereocenters. The molecule has 0 aliphatic heterocycles. The van der Waals surface area contributed by atoms with E-state index in [9.17, 15) is 4.79 Å². The van der Waals surface area contributed by atoms with E-state index in [0.717, 1.165) is 23.7 Å². The molecule has 16 heavy (non-hydrogen) atoms. The van der Waals surface area contributed by atoms with E-state index in [1.807, 2.05) is 11.8 Å². The van der Waals surface area contributed by atoms with Crippen molar-refractivity contribution < 1.29 is 14.6 Å². The van der Waals surface area contributed by atoms with Crippen LogP contribution in [0.3, 0.4) is 0 Å². The maximum Gasteiger partial charge on any atom is 0.335 e. The highest BCUT2D eigenvalue weighted by molar-refractivity contribution is 7.99. The molecule has 0 fully saturated rings. The maximum atomic E-state index is 10.6. The van der Waals surface area contributed by atoms with Crippen molar-refractivity contribution in [1.29, 1.82) is 0 Å². The average molecular weight is 240 g/mol. The first kappa shape index (κ1) is 12.9. The van der Waals surface area contributed by atoms with Crippen LogP contribution in [0.15, 0.2) is 24.3 Å². The predicted molar refractivity (Wildman–Crippen MR) is 66.5 cm³/mol. The quantitative estimate of drug-likeness (QED) is 0.744. The van der Waals surface area contributed by atoms with Gasteiger partial charge in [0.25, 0.3) is 0 Å². The third kappa shape index (κ3) is 4.57. The molecule has 1 aromatic carbocycles. The van der Waals surface area contributed by atoms with Gasteiger partial charge in [0, 0.05) is 0 Å². The van der Waals surface area contributed by atoms with Gasteiger partial charge in [-0.15, -0.1) is 0 Å². The zero-order valence-electron chi connectivity index (χ0n) is 9.31. The molecular weight excluding hydrogens is 224 g/mol. The number of carboxylic acids is 1. The SMILES string of the molecule is CCSCCCOc1ccc(C(=O)O)cc1. The number of thioether (sulfide) groups is 1. The molecule has 1 N–H and O–H groups in total. The molecule has 3 nitrogen and oxygen atoms in total. The zero-order chi connectivity index (χ0) is 11.8. The molecule has 0 aromatic heterocycles. The van der Waals surface area contributed by atoms with Gasteiger partial charge in [0.2, 0.25) is 0 Å². The lowest BCUT2D eigenvalue weighted by atomic mass is 10.2. The van der Waals surface area contributed by atoms with Gasteiger partial charge >= 0.3 is 5.97 Å². The molecule has 0 unspecified atom stereocenters. The van der Waals surface area contributed by atoms with E-state index in [2.05, 4.69) is 6.92 Å². The lowest BCUT2D eigenvalue weighted by Crippen LogP contribution is -2.00. The molecule has 0 spiro atoms. The highest BCUT2D eigenvalue weighted by Crippen LogP contribution is 2.12. The summed E-state index contributed by atoms with van der Waals surface area (Å²) >= 11 is 1.89. The Kier molecular flexibility index (Phi) is 5.78. The summed E-state index contributed by atoms with van der Waals surface area (Å²) in [5, 5.41) is 8.71. The van der Waals surface area contributed by atoms with Crippen molar-refractivity contribution in [2.24, 2.45) is 0 Å². The number of carbonyl (C=O) groups is 1. The van der Waals surface area contributed by atoms with E-state index < -0.39 is 5.97 Å². The molecule has 1 rings (SSSR count). The molecule has 1 aromatic rings. The molecule has 0 aliphatic rings. The summed E-state index contributed by atoms with van der Waals surface area (Å²) in [5.41, 5.74) is 0.286. The first-order chi connectivity index (χ1) is 7.74. The molecule has 0 saturated carbocycles. The van der Waals surface area contributed by atoms with Crippen LogP contribution in [0.4, 0.5) is 0 Å². The van der Waals surface area contributed by atoms with Crippen molar-refractivity contribution in [3.63, 3.8) is 0 Å². The molecule has 0 radical (unpaired) electrons. The molecule has 0 amide bonds. The second-order valence-corrected chi connectivity index (χ2v) is 4.62. The number of benzene rings is 1. The minimum atomic E-state index is -0.911. The summed E-state index contributed by atoms with van der Waals surface area (Å²) in [5.74, 6) is 2.05. The second kappa shape index (κ2) is 7.17. The van der Waals surface area contributed by atoms with Crippen LogP contribution in [0.2, 0.25) is 0 Å². The molecule has 0 bridgehead atoms. The largest absolute Gasteiger partial charge is 0.494 e. The maximum absolute atomic E-state index is 10.6. The summed E-state index contributed by atoms with van der Waals surface area (Å²) in [6.07, 6.45) is 1.01. The van der Waals surface area contributed by atoms with Crippen LogP contribution >= 0.6 is 11.8 Å². The summed E-state index contributed by atoms with van der Waals surface area (Å²) in [4.78, 5) is 10.6. The second-order valence-electron chi connectivity index (χ2n) is 3.23. The fraction of sp³-hybridized carbons (Fsp3) is 0.417. The van der Waals surface area contributed by atoms with Crippen molar-refractivity contribution >= 4 is 17.7 Å². The lowest BCUT2D eigenvalue weighted by molar-refractivity contribution is 0.0697. The number of ether oxygens (including phenoxy) is 1. The van der Waals surface area contributed by atoms with Crippen LogP contribution in [-0.4, -0.2) is 29.2 Å². The summed E-state index contributed by atoms with van der Waals surface area (Å²) < 4.78 is 5.48. The van der Waals surface area contributed by atoms with Crippen LogP contribution in [0.25, 0.3) is 0 Å². The van der Waals surface area contributed by atoms with Gasteiger partial charge in [-0.25, -0.2) is 4.79 Å². The van der Waals surface area contributed by atoms with Crippen molar-refractivity contribution in [3.05, 3.63) is 29.8 Å². The first-order valence-corrected chi connectivity index (χ1v) is 6.43. The smallest absolute Gasteiger partial charge is 0.335 e. The van der Waals surface area contributed by atoms with Crippen LogP contribution in [0.1, 0.15) is 23.7 Å². The molecular formula is C12H16O3S. The van der Waals surface area contributed by atoms with Gasteiger partial charge in [-0.1, -0.05) is 6.92 Å². The molecule has 88 valence electrons. The minimum Gasteiger partial charge on any atom is -0.494 e. The van der Waals surface area contributed by atoms with E-state index in [4.69, 9.17) is 9.84 Å². The van der Waals surface area contributed by atoms with Crippen LogP contribution in [-0.2, 0) is 0 Å². The van der Waals surface area contributed by atoms with Gasteiger partial charge < -0.3 is 9.84 Å². The Balaban J connectivity index is 2.29. The third-order valence-electron chi connectivity index (χ3n) is 2.01. The highest BCUT2D eigenvalue weighted by Gasteiger charge is 2.01. The van der Waals surface area contributed by atoms with Crippen LogP contribution in [0.5, 0.6) is 5.75 Å². The van der Waals surface area contributed by atoms with Crippen LogP contribution < -0.4 is 4.74 Å². The molecule has 0 heterocycles. The monoisotopic (exact) mass is 240 g/mol. The van der Waals surface area contributed by atoms with Crippen molar-refractivity contribution in [2.75, 3.05) is 18.1 Å². The van der Waals surface area contributed by atoms with E-state index in [1.54, 1.807) is 24.3 Å². The van der Waals surface area contributed by atoms with E-state index in [1.165, 1.54) is 0 Å². The van der Waals surface area contributed by atoms with Crippen molar-refractivity contribution in [3.8, 4) is 5.75 Å². The molecule has 0 saturated heterocycles. The number of aromatic carboxylic acids is 1. The van der Waals surface area contributed by atoms with Gasteiger partial charge in [0.1, 0.15) is 5.75 Å². The Morgan fingerprint density at radius 2 is 2.06 bits per heavy atom. The standard InChI is InChI=1S/C12H16O3S/c1-2-16-9-3-8-15-11-6-4-10(5-7-11)12(13)14/h4-7H,2-3,8-9H2,1H3,(H,13,14). The van der Waals surface area contributed by atoms with Gasteiger partial charge in [0.05, 0.1) is 12.2 Å². The predicted octanol–water partition coefficient (Wildman–Crippen LogP) is 2.91. The van der Waals surface area contributed by atoms with Crippen molar-refractivity contribution in [2.45, 2.75) is 13.3 Å². The Bertz CT molecular complexity index is 322. The van der Waals surface area contributed by atoms with Crippen molar-refractivity contribution in [1.82, 2.24) is 0 Å². The third-order valence-corrected chi connectivity index (χ3v) is 2.99. The number of rotatable bonds is 7. The zero-order valence-corrected chi connectivity index (χ0v) is 10.1. The number of hydrogen-bond acceptors (Lipinski definition) is 3. The Morgan fingerprint density at radius 3 is 2.62 bits per heavy atom. The Morgan fingerprint density at radius 1 is 1.38 bits per heavy atom. The van der Waals surface area contributed by atoms with Gasteiger partial charge in [-0.3, -0.25) is 0 Å². The number of hydrogen-bond donors (Lipinski definition) is 1. The lowest BCUT2D eigenvalue weighted by Gasteiger charge is -2.05. The molecule has 0 aliphatic carbocycles. The van der Waals surface area contributed by atoms with E-state index >= 15 is 0 Å². The minimum absolute atomic E-state index is 0.286. The van der Waals surface area contributed by atoms with E-state index in [-0.39, 0.29) is 5.56 Å². The summed E-state index contributed by atoms with van der Waals surface area (Å²) in [6.45, 7) is 2.82. The van der Waals surface area contributed by atoms with Crippen LogP contribution in [0, 0.1) is 0 Å². The topological polar surface area (TPSA) is 46.5 Å². The summed E-state index contributed by atoms with van der Waals surface area (Å²) in [7, 11) is 0. The first-order valence-electron chi connectivity index (χ1n) is 5.28. The Hall–Kier alpha value is -1.16. The fourth-order valence-electron chi connectivity index (χ4n) is 1.19. The Labute approximate surface area is 99.8 Å². The fourth-order valence-corrected chi connectivity index (χ4v) is 1.80. The van der Waals surface area contributed by atoms with Gasteiger partial charge in [-0.2, -0.15) is 11.8 Å². The highest BCUT2D eigenvalue weighted by atomic mass is 32.2. The normalized spacial score (nSPS) is 10.1. The molecule has 4 heteroatoms. The number of carboxylic acid groups (broad SMARTS) is 1. The van der Waals surface area contributed by atoms with Gasteiger partial charge in [0.15, 0.2) is 0 Å².